The molecular formula is C13H12BrClN2O3. The number of hydrogen-bond acceptors (Lipinski definition) is 4. The van der Waals surface area contributed by atoms with Gasteiger partial charge in [0.2, 0.25) is 6.79 Å². The van der Waals surface area contributed by atoms with Crippen molar-refractivity contribution >= 4 is 27.5 Å². The summed E-state index contributed by atoms with van der Waals surface area (Å²) in [5.74, 6) is 1.25. The van der Waals surface area contributed by atoms with Crippen LogP contribution in [0.1, 0.15) is 24.3 Å². The quantitative estimate of drug-likeness (QED) is 0.915. The van der Waals surface area contributed by atoms with Crippen molar-refractivity contribution < 1.29 is 14.6 Å². The van der Waals surface area contributed by atoms with Crippen molar-refractivity contribution in [2.45, 2.75) is 19.6 Å². The highest BCUT2D eigenvalue weighted by atomic mass is 79.9. The van der Waals surface area contributed by atoms with Crippen LogP contribution in [0, 0.1) is 0 Å². The van der Waals surface area contributed by atoms with Crippen LogP contribution < -0.4 is 9.47 Å². The Morgan fingerprint density at radius 1 is 1.50 bits per heavy atom. The Morgan fingerprint density at radius 3 is 3.05 bits per heavy atom. The minimum Gasteiger partial charge on any atom is -0.454 e. The van der Waals surface area contributed by atoms with Crippen LogP contribution in [0.5, 0.6) is 11.5 Å². The molecule has 0 amide bonds. The second kappa shape index (κ2) is 5.27. The Hall–Kier alpha value is -1.24. The molecule has 0 aliphatic carbocycles. The van der Waals surface area contributed by atoms with E-state index in [0.29, 0.717) is 34.3 Å². The van der Waals surface area contributed by atoms with Gasteiger partial charge in [0.15, 0.2) is 11.5 Å². The van der Waals surface area contributed by atoms with Gasteiger partial charge in [-0.25, -0.2) is 0 Å². The summed E-state index contributed by atoms with van der Waals surface area (Å²) in [6.07, 6.45) is 0.654. The number of aromatic nitrogens is 2. The molecule has 3 rings (SSSR count). The molecule has 1 aliphatic heterocycles. The lowest BCUT2D eigenvalue weighted by molar-refractivity contribution is 0.173. The summed E-state index contributed by atoms with van der Waals surface area (Å²) in [6, 6.07) is 3.54. The summed E-state index contributed by atoms with van der Waals surface area (Å²) in [7, 11) is 0. The Bertz CT molecular complexity index is 659. The smallest absolute Gasteiger partial charge is 0.231 e. The minimum atomic E-state index is -0.879. The first kappa shape index (κ1) is 13.7. The zero-order chi connectivity index (χ0) is 14.3. The number of halogens is 2. The van der Waals surface area contributed by atoms with E-state index in [1.807, 2.05) is 6.92 Å². The summed E-state index contributed by atoms with van der Waals surface area (Å²) in [6.45, 7) is 2.75. The van der Waals surface area contributed by atoms with Crippen molar-refractivity contribution in [3.05, 3.63) is 39.1 Å². The fraction of sp³-hybridized carbons (Fsp3) is 0.308. The zero-order valence-electron chi connectivity index (χ0n) is 10.6. The van der Waals surface area contributed by atoms with Crippen LogP contribution >= 0.6 is 27.5 Å². The van der Waals surface area contributed by atoms with Gasteiger partial charge in [0.05, 0.1) is 21.4 Å². The molecule has 1 aromatic heterocycles. The third kappa shape index (κ3) is 2.17. The van der Waals surface area contributed by atoms with Gasteiger partial charge in [0.25, 0.3) is 0 Å². The highest BCUT2D eigenvalue weighted by molar-refractivity contribution is 9.10. The molecule has 1 N–H and O–H groups in total. The molecule has 2 aromatic rings. The summed E-state index contributed by atoms with van der Waals surface area (Å²) in [5.41, 5.74) is 1.23. The Labute approximate surface area is 129 Å². The average Bonchev–Trinajstić information content (AvgIpc) is 3.04. The molecule has 2 heterocycles. The monoisotopic (exact) mass is 358 g/mol. The third-order valence-corrected chi connectivity index (χ3v) is 4.04. The maximum absolute atomic E-state index is 10.6. The first-order valence-corrected chi connectivity index (χ1v) is 7.27. The molecule has 0 saturated heterocycles. The van der Waals surface area contributed by atoms with Gasteiger partial charge in [-0.2, -0.15) is 5.10 Å². The maximum atomic E-state index is 10.6. The van der Waals surface area contributed by atoms with Crippen LogP contribution in [0.3, 0.4) is 0 Å². The Kier molecular flexibility index (Phi) is 3.62. The lowest BCUT2D eigenvalue weighted by Crippen LogP contribution is -2.09. The van der Waals surface area contributed by atoms with E-state index in [1.54, 1.807) is 16.8 Å². The van der Waals surface area contributed by atoms with Crippen molar-refractivity contribution in [1.82, 2.24) is 9.78 Å². The van der Waals surface area contributed by atoms with Crippen molar-refractivity contribution in [3.8, 4) is 11.5 Å². The highest BCUT2D eigenvalue weighted by Gasteiger charge is 2.24. The number of rotatable bonds is 3. The van der Waals surface area contributed by atoms with E-state index >= 15 is 0 Å². The number of nitrogens with zero attached hydrogens (tertiary/aromatic N) is 2. The van der Waals surface area contributed by atoms with Gasteiger partial charge in [0.1, 0.15) is 6.10 Å². The molecule has 0 saturated carbocycles. The van der Waals surface area contributed by atoms with Crippen LogP contribution in [0.25, 0.3) is 0 Å². The van der Waals surface area contributed by atoms with E-state index in [0.717, 1.165) is 4.47 Å². The summed E-state index contributed by atoms with van der Waals surface area (Å²) < 4.78 is 13.1. The number of ether oxygens (including phenoxy) is 2. The van der Waals surface area contributed by atoms with Gasteiger partial charge in [-0.15, -0.1) is 0 Å². The van der Waals surface area contributed by atoms with Gasteiger partial charge < -0.3 is 14.6 Å². The van der Waals surface area contributed by atoms with E-state index in [-0.39, 0.29) is 6.79 Å². The molecule has 106 valence electrons. The standard InChI is InChI=1S/C13H12BrClN2O3/c1-2-17-11(9(15)5-16-17)12(18)7-3-8(14)13-10(4-7)19-6-20-13/h3-5,12,18H,2,6H2,1H3. The van der Waals surface area contributed by atoms with Crippen LogP contribution in [0.4, 0.5) is 0 Å². The molecule has 0 radical (unpaired) electrons. The first-order chi connectivity index (χ1) is 9.61. The van der Waals surface area contributed by atoms with Gasteiger partial charge in [-0.1, -0.05) is 11.6 Å². The topological polar surface area (TPSA) is 56.5 Å². The molecule has 0 fully saturated rings. The van der Waals surface area contributed by atoms with Crippen LogP contribution in [-0.2, 0) is 6.54 Å². The molecule has 0 bridgehead atoms. The molecular weight excluding hydrogens is 348 g/mol. The fourth-order valence-electron chi connectivity index (χ4n) is 2.20. The predicted molar refractivity (Wildman–Crippen MR) is 77.2 cm³/mol. The summed E-state index contributed by atoms with van der Waals surface area (Å²) in [5, 5.41) is 15.1. The van der Waals surface area contributed by atoms with Crippen LogP contribution in [0.15, 0.2) is 22.8 Å². The number of aryl methyl sites for hydroxylation is 1. The molecule has 7 heteroatoms. The lowest BCUT2D eigenvalue weighted by Gasteiger charge is -2.14. The van der Waals surface area contributed by atoms with Crippen molar-refractivity contribution in [1.29, 1.82) is 0 Å². The highest BCUT2D eigenvalue weighted by Crippen LogP contribution is 2.42. The first-order valence-electron chi connectivity index (χ1n) is 6.10. The molecule has 1 atom stereocenters. The van der Waals surface area contributed by atoms with E-state index in [4.69, 9.17) is 21.1 Å². The molecule has 1 unspecified atom stereocenters. The Morgan fingerprint density at radius 2 is 2.30 bits per heavy atom. The third-order valence-electron chi connectivity index (χ3n) is 3.16. The molecule has 0 spiro atoms. The molecule has 1 aliphatic rings. The van der Waals surface area contributed by atoms with Crippen molar-refractivity contribution in [2.24, 2.45) is 0 Å². The molecule has 20 heavy (non-hydrogen) atoms. The number of benzene rings is 1. The second-order valence-corrected chi connectivity index (χ2v) is 5.59. The Balaban J connectivity index is 2.05. The summed E-state index contributed by atoms with van der Waals surface area (Å²) in [4.78, 5) is 0. The van der Waals surface area contributed by atoms with E-state index in [9.17, 15) is 5.11 Å². The van der Waals surface area contributed by atoms with Crippen LogP contribution in [0.2, 0.25) is 5.02 Å². The van der Waals surface area contributed by atoms with Gasteiger partial charge in [0, 0.05) is 6.54 Å². The molecule has 5 nitrogen and oxygen atoms in total. The maximum Gasteiger partial charge on any atom is 0.231 e. The number of aliphatic hydroxyl groups is 1. The fourth-order valence-corrected chi connectivity index (χ4v) is 3.02. The SMILES string of the molecule is CCn1ncc(Cl)c1C(O)c1cc(Br)c2c(c1)OCO2. The minimum absolute atomic E-state index is 0.182. The van der Waals surface area contributed by atoms with Crippen LogP contribution in [-0.4, -0.2) is 21.7 Å². The molecule has 1 aromatic carbocycles. The summed E-state index contributed by atoms with van der Waals surface area (Å²) >= 11 is 9.53. The normalized spacial score (nSPS) is 14.6. The van der Waals surface area contributed by atoms with Gasteiger partial charge in [-0.05, 0) is 40.5 Å². The largest absolute Gasteiger partial charge is 0.454 e. The lowest BCUT2D eigenvalue weighted by atomic mass is 10.1. The van der Waals surface area contributed by atoms with E-state index < -0.39 is 6.10 Å². The van der Waals surface area contributed by atoms with Gasteiger partial charge >= 0.3 is 0 Å². The zero-order valence-corrected chi connectivity index (χ0v) is 13.0. The second-order valence-electron chi connectivity index (χ2n) is 4.33. The number of fused-ring (bicyclic) bond motifs is 1. The predicted octanol–water partition coefficient (Wildman–Crippen LogP) is 3.13. The van der Waals surface area contributed by atoms with Crippen molar-refractivity contribution in [2.75, 3.05) is 6.79 Å². The van der Waals surface area contributed by atoms with E-state index in [2.05, 4.69) is 21.0 Å². The van der Waals surface area contributed by atoms with Gasteiger partial charge in [-0.3, -0.25) is 4.68 Å². The number of hydrogen-bond donors (Lipinski definition) is 1. The average molecular weight is 360 g/mol. The van der Waals surface area contributed by atoms with Crippen molar-refractivity contribution in [3.63, 3.8) is 0 Å². The number of aliphatic hydroxyl groups excluding tert-OH is 1. The van der Waals surface area contributed by atoms with E-state index in [1.165, 1.54) is 6.20 Å².